The maximum Gasteiger partial charge on any atom is 0.257 e. The summed E-state index contributed by atoms with van der Waals surface area (Å²) >= 11 is 6.15. The van der Waals surface area contributed by atoms with Gasteiger partial charge in [-0.15, -0.1) is 0 Å². The van der Waals surface area contributed by atoms with Crippen LogP contribution in [0.3, 0.4) is 0 Å². The number of nitrogens with two attached hydrogens (primary N) is 1. The van der Waals surface area contributed by atoms with Crippen LogP contribution in [0.2, 0.25) is 5.02 Å². The maximum absolute atomic E-state index is 11.2. The predicted octanol–water partition coefficient (Wildman–Crippen LogP) is 1.36. The van der Waals surface area contributed by atoms with Gasteiger partial charge in [0.2, 0.25) is 0 Å². The van der Waals surface area contributed by atoms with Gasteiger partial charge in [0.05, 0.1) is 12.1 Å². The minimum Gasteiger partial charge on any atom is -0.493 e. The van der Waals surface area contributed by atoms with Crippen molar-refractivity contribution < 1.29 is 14.3 Å². The molecule has 1 amide bonds. The molecule has 0 saturated carbocycles. The van der Waals surface area contributed by atoms with Crippen molar-refractivity contribution in [2.24, 2.45) is 5.73 Å². The first-order chi connectivity index (χ1) is 8.97. The van der Waals surface area contributed by atoms with Crippen molar-refractivity contribution in [3.63, 3.8) is 0 Å². The van der Waals surface area contributed by atoms with Crippen LogP contribution in [0.25, 0.3) is 0 Å². The van der Waals surface area contributed by atoms with Crippen LogP contribution in [-0.4, -0.2) is 32.7 Å². The second-order valence-electron chi connectivity index (χ2n) is 4.25. The molecule has 0 bridgehead atoms. The number of benzene rings is 1. The lowest BCUT2D eigenvalue weighted by Crippen LogP contribution is -2.25. The molecule has 1 rings (SSSR count). The van der Waals surface area contributed by atoms with Gasteiger partial charge in [-0.1, -0.05) is 11.6 Å². The van der Waals surface area contributed by atoms with Crippen molar-refractivity contribution in [2.45, 2.75) is 19.4 Å². The lowest BCUT2D eigenvalue weighted by molar-refractivity contribution is -0.122. The molecule has 0 aromatic heterocycles. The van der Waals surface area contributed by atoms with Crippen molar-refractivity contribution in [3.8, 4) is 11.5 Å². The zero-order valence-corrected chi connectivity index (χ0v) is 12.1. The number of halogens is 1. The fourth-order valence-electron chi connectivity index (χ4n) is 1.61. The molecular formula is C13H19ClN2O3. The molecule has 106 valence electrons. The number of nitrogens with one attached hydrogen (secondary N) is 1. The molecule has 3 N–H and O–H groups in total. The monoisotopic (exact) mass is 286 g/mol. The molecule has 1 atom stereocenters. The molecular weight excluding hydrogens is 268 g/mol. The van der Waals surface area contributed by atoms with E-state index >= 15 is 0 Å². The summed E-state index contributed by atoms with van der Waals surface area (Å²) in [5, 5.41) is 2.87. The number of likely N-dealkylation sites (N-methyl/N-ethyl adjacent to an activating group) is 1. The van der Waals surface area contributed by atoms with Gasteiger partial charge in [0.1, 0.15) is 0 Å². The molecule has 0 aliphatic carbocycles. The Balaban J connectivity index is 2.94. The Hall–Kier alpha value is -1.46. The highest BCUT2D eigenvalue weighted by Gasteiger charge is 2.14. The van der Waals surface area contributed by atoms with E-state index in [4.69, 9.17) is 26.8 Å². The van der Waals surface area contributed by atoms with Crippen molar-refractivity contribution in [1.29, 1.82) is 0 Å². The number of rotatable bonds is 6. The Kier molecular flexibility index (Phi) is 5.92. The van der Waals surface area contributed by atoms with E-state index in [9.17, 15) is 4.79 Å². The van der Waals surface area contributed by atoms with Gasteiger partial charge in [0.25, 0.3) is 5.91 Å². The number of hydrogen-bond acceptors (Lipinski definition) is 4. The first-order valence-corrected chi connectivity index (χ1v) is 6.31. The average molecular weight is 287 g/mol. The van der Waals surface area contributed by atoms with Crippen LogP contribution in [-0.2, 0) is 11.2 Å². The topological polar surface area (TPSA) is 73.6 Å². The highest BCUT2D eigenvalue weighted by Crippen LogP contribution is 2.36. The van der Waals surface area contributed by atoms with Gasteiger partial charge < -0.3 is 20.5 Å². The standard InChI is InChI=1S/C13H19ClN2O3/c1-8(15)4-9-5-10(14)13(11(6-9)18-3)19-7-12(17)16-2/h5-6,8H,4,7,15H2,1-3H3,(H,16,17). The van der Waals surface area contributed by atoms with Crippen LogP contribution in [0.15, 0.2) is 12.1 Å². The fraction of sp³-hybridized carbons (Fsp3) is 0.462. The summed E-state index contributed by atoms with van der Waals surface area (Å²) in [4.78, 5) is 11.2. The third kappa shape index (κ3) is 4.61. The first-order valence-electron chi connectivity index (χ1n) is 5.93. The second kappa shape index (κ2) is 7.21. The number of methoxy groups -OCH3 is 1. The molecule has 1 aromatic rings. The Morgan fingerprint density at radius 3 is 2.74 bits per heavy atom. The quantitative estimate of drug-likeness (QED) is 0.828. The normalized spacial score (nSPS) is 11.8. The van der Waals surface area contributed by atoms with Crippen molar-refractivity contribution >= 4 is 17.5 Å². The number of carbonyl (C=O) groups excluding carboxylic acids is 1. The summed E-state index contributed by atoms with van der Waals surface area (Å²) in [6.45, 7) is 1.80. The van der Waals surface area contributed by atoms with Crippen molar-refractivity contribution in [2.75, 3.05) is 20.8 Å². The molecule has 0 radical (unpaired) electrons. The Bertz CT molecular complexity index is 450. The number of amides is 1. The third-order valence-electron chi connectivity index (χ3n) is 2.47. The second-order valence-corrected chi connectivity index (χ2v) is 4.66. The number of carbonyl (C=O) groups is 1. The molecule has 19 heavy (non-hydrogen) atoms. The maximum atomic E-state index is 11.2. The highest BCUT2D eigenvalue weighted by molar-refractivity contribution is 6.32. The smallest absolute Gasteiger partial charge is 0.257 e. The van der Waals surface area contributed by atoms with E-state index in [1.807, 2.05) is 13.0 Å². The van der Waals surface area contributed by atoms with E-state index in [-0.39, 0.29) is 18.6 Å². The van der Waals surface area contributed by atoms with Crippen LogP contribution in [0, 0.1) is 0 Å². The highest BCUT2D eigenvalue weighted by atomic mass is 35.5. The van der Waals surface area contributed by atoms with Crippen LogP contribution >= 0.6 is 11.6 Å². The predicted molar refractivity (Wildman–Crippen MR) is 74.9 cm³/mol. The third-order valence-corrected chi connectivity index (χ3v) is 2.75. The molecule has 0 fully saturated rings. The lowest BCUT2D eigenvalue weighted by Gasteiger charge is -2.14. The minimum atomic E-state index is -0.238. The van der Waals surface area contributed by atoms with Gasteiger partial charge in [-0.05, 0) is 31.0 Å². The minimum absolute atomic E-state index is 0.0263. The molecule has 1 unspecified atom stereocenters. The summed E-state index contributed by atoms with van der Waals surface area (Å²) in [5.41, 5.74) is 6.71. The zero-order valence-electron chi connectivity index (χ0n) is 11.3. The Labute approximate surface area is 118 Å². The Morgan fingerprint density at radius 1 is 1.53 bits per heavy atom. The van der Waals surface area contributed by atoms with Gasteiger partial charge >= 0.3 is 0 Å². The van der Waals surface area contributed by atoms with Crippen LogP contribution in [0.4, 0.5) is 0 Å². The summed E-state index contributed by atoms with van der Waals surface area (Å²) in [5.74, 6) is 0.617. The molecule has 0 aliphatic heterocycles. The van der Waals surface area contributed by atoms with Gasteiger partial charge in [0.15, 0.2) is 18.1 Å². The number of hydrogen-bond donors (Lipinski definition) is 2. The summed E-state index contributed by atoms with van der Waals surface area (Å²) < 4.78 is 10.6. The summed E-state index contributed by atoms with van der Waals surface area (Å²) in [6, 6.07) is 3.61. The van der Waals surface area contributed by atoms with Gasteiger partial charge in [-0.25, -0.2) is 0 Å². The van der Waals surface area contributed by atoms with Gasteiger partial charge in [0, 0.05) is 13.1 Å². The average Bonchev–Trinajstić information content (AvgIpc) is 2.35. The van der Waals surface area contributed by atoms with Gasteiger partial charge in [-0.3, -0.25) is 4.79 Å². The van der Waals surface area contributed by atoms with Crippen LogP contribution in [0.5, 0.6) is 11.5 Å². The van der Waals surface area contributed by atoms with Gasteiger partial charge in [-0.2, -0.15) is 0 Å². The molecule has 1 aromatic carbocycles. The van der Waals surface area contributed by atoms with E-state index in [0.717, 1.165) is 5.56 Å². The molecule has 0 aliphatic rings. The van der Waals surface area contributed by atoms with E-state index in [0.29, 0.717) is 22.9 Å². The fourth-order valence-corrected chi connectivity index (χ4v) is 1.90. The Morgan fingerprint density at radius 2 is 2.21 bits per heavy atom. The molecule has 6 heteroatoms. The zero-order chi connectivity index (χ0) is 14.4. The molecule has 5 nitrogen and oxygen atoms in total. The van der Waals surface area contributed by atoms with Crippen LogP contribution in [0.1, 0.15) is 12.5 Å². The van der Waals surface area contributed by atoms with E-state index in [2.05, 4.69) is 5.32 Å². The largest absolute Gasteiger partial charge is 0.493 e. The summed E-state index contributed by atoms with van der Waals surface area (Å²) in [6.07, 6.45) is 0.686. The summed E-state index contributed by atoms with van der Waals surface area (Å²) in [7, 11) is 3.06. The number of ether oxygens (including phenoxy) is 2. The SMILES string of the molecule is CNC(=O)COc1c(Cl)cc(CC(C)N)cc1OC. The first kappa shape index (κ1) is 15.6. The lowest BCUT2D eigenvalue weighted by atomic mass is 10.1. The van der Waals surface area contributed by atoms with Crippen LogP contribution < -0.4 is 20.5 Å². The van der Waals surface area contributed by atoms with E-state index in [1.165, 1.54) is 14.2 Å². The molecule has 0 heterocycles. The van der Waals surface area contributed by atoms with E-state index < -0.39 is 0 Å². The van der Waals surface area contributed by atoms with E-state index in [1.54, 1.807) is 6.07 Å². The van der Waals surface area contributed by atoms with Crippen molar-refractivity contribution in [3.05, 3.63) is 22.7 Å². The molecule has 0 saturated heterocycles. The van der Waals surface area contributed by atoms with Crippen molar-refractivity contribution in [1.82, 2.24) is 5.32 Å². The molecule has 0 spiro atoms.